The number of non-ortho nitro benzene ring substituents is 1. The van der Waals surface area contributed by atoms with Crippen molar-refractivity contribution >= 4 is 24.6 Å². The number of hydrogen-bond donors (Lipinski definition) is 1. The SMILES string of the molecule is O=CC(S)c1ccc([N+](=O)[O-])cc1. The van der Waals surface area contributed by atoms with Gasteiger partial charge in [-0.2, -0.15) is 12.6 Å². The van der Waals surface area contributed by atoms with Gasteiger partial charge in [0.15, 0.2) is 0 Å². The number of carbonyl (C=O) groups excluding carboxylic acids is 1. The van der Waals surface area contributed by atoms with Gasteiger partial charge in [0.25, 0.3) is 5.69 Å². The van der Waals surface area contributed by atoms with Crippen molar-refractivity contribution in [2.45, 2.75) is 5.25 Å². The monoisotopic (exact) mass is 197 g/mol. The molecule has 1 aromatic rings. The largest absolute Gasteiger partial charge is 0.302 e. The van der Waals surface area contributed by atoms with Crippen molar-refractivity contribution in [2.75, 3.05) is 0 Å². The number of carbonyl (C=O) groups is 1. The van der Waals surface area contributed by atoms with Crippen LogP contribution in [-0.2, 0) is 4.79 Å². The third-order valence-corrected chi connectivity index (χ3v) is 1.99. The molecule has 0 heterocycles. The van der Waals surface area contributed by atoms with Gasteiger partial charge in [-0.1, -0.05) is 12.1 Å². The number of nitrogens with zero attached hydrogens (tertiary/aromatic N) is 1. The Kier molecular flexibility index (Phi) is 3.02. The van der Waals surface area contributed by atoms with Gasteiger partial charge in [0.2, 0.25) is 0 Å². The predicted octanol–water partition coefficient (Wildman–Crippen LogP) is 1.76. The molecule has 0 spiro atoms. The zero-order chi connectivity index (χ0) is 9.84. The third-order valence-electron chi connectivity index (χ3n) is 1.57. The molecule has 68 valence electrons. The van der Waals surface area contributed by atoms with E-state index in [1.165, 1.54) is 24.3 Å². The van der Waals surface area contributed by atoms with Crippen molar-refractivity contribution in [2.24, 2.45) is 0 Å². The Bertz CT molecular complexity index is 323. The van der Waals surface area contributed by atoms with Crippen LogP contribution in [0.2, 0.25) is 0 Å². The smallest absolute Gasteiger partial charge is 0.269 e. The first-order chi connectivity index (χ1) is 6.15. The second-order valence-corrected chi connectivity index (χ2v) is 2.99. The molecule has 4 nitrogen and oxygen atoms in total. The number of hydrogen-bond acceptors (Lipinski definition) is 4. The van der Waals surface area contributed by atoms with E-state index in [4.69, 9.17) is 0 Å². The third kappa shape index (κ3) is 2.29. The van der Waals surface area contributed by atoms with Gasteiger partial charge in [0, 0.05) is 12.1 Å². The Morgan fingerprint density at radius 3 is 2.31 bits per heavy atom. The van der Waals surface area contributed by atoms with E-state index in [2.05, 4.69) is 12.6 Å². The van der Waals surface area contributed by atoms with Crippen molar-refractivity contribution in [3.63, 3.8) is 0 Å². The molecule has 1 aromatic carbocycles. The second kappa shape index (κ2) is 4.04. The average molecular weight is 197 g/mol. The molecule has 0 aliphatic carbocycles. The molecular formula is C8H7NO3S. The van der Waals surface area contributed by atoms with Crippen molar-refractivity contribution in [3.8, 4) is 0 Å². The van der Waals surface area contributed by atoms with Gasteiger partial charge in [-0.25, -0.2) is 0 Å². The van der Waals surface area contributed by atoms with E-state index < -0.39 is 10.2 Å². The number of rotatable bonds is 3. The molecule has 0 amide bonds. The van der Waals surface area contributed by atoms with Gasteiger partial charge < -0.3 is 4.79 Å². The first kappa shape index (κ1) is 9.73. The van der Waals surface area contributed by atoms with E-state index in [-0.39, 0.29) is 5.69 Å². The van der Waals surface area contributed by atoms with Gasteiger partial charge in [-0.3, -0.25) is 10.1 Å². The molecule has 0 N–H and O–H groups in total. The standard InChI is InChI=1S/C8H7NO3S/c10-5-8(13)6-1-3-7(4-2-6)9(11)12/h1-5,8,13H. The lowest BCUT2D eigenvalue weighted by Gasteiger charge is -2.01. The molecule has 0 aliphatic heterocycles. The zero-order valence-corrected chi connectivity index (χ0v) is 7.48. The quantitative estimate of drug-likeness (QED) is 0.347. The Morgan fingerprint density at radius 2 is 1.92 bits per heavy atom. The van der Waals surface area contributed by atoms with E-state index in [0.29, 0.717) is 11.8 Å². The van der Waals surface area contributed by atoms with Crippen LogP contribution in [0.1, 0.15) is 10.8 Å². The van der Waals surface area contributed by atoms with E-state index in [1.807, 2.05) is 0 Å². The lowest BCUT2D eigenvalue weighted by atomic mass is 10.1. The minimum atomic E-state index is -0.513. The van der Waals surface area contributed by atoms with Crippen LogP contribution in [0, 0.1) is 10.1 Å². The van der Waals surface area contributed by atoms with E-state index in [0.717, 1.165) is 0 Å². The summed E-state index contributed by atoms with van der Waals surface area (Å²) in [7, 11) is 0. The molecule has 0 radical (unpaired) electrons. The van der Waals surface area contributed by atoms with Gasteiger partial charge in [0.05, 0.1) is 10.2 Å². The van der Waals surface area contributed by atoms with Crippen molar-refractivity contribution in [1.29, 1.82) is 0 Å². The Morgan fingerprint density at radius 1 is 1.38 bits per heavy atom. The molecule has 0 aromatic heterocycles. The molecule has 5 heteroatoms. The Hall–Kier alpha value is -1.36. The maximum atomic E-state index is 10.3. The highest BCUT2D eigenvalue weighted by molar-refractivity contribution is 7.81. The molecule has 0 bridgehead atoms. The van der Waals surface area contributed by atoms with Crippen molar-refractivity contribution in [3.05, 3.63) is 39.9 Å². The number of nitro benzene ring substituents is 1. The van der Waals surface area contributed by atoms with Crippen LogP contribution in [0.25, 0.3) is 0 Å². The summed E-state index contributed by atoms with van der Waals surface area (Å²) in [5, 5.41) is 9.76. The van der Waals surface area contributed by atoms with E-state index >= 15 is 0 Å². The molecule has 1 atom stereocenters. The Balaban J connectivity index is 2.93. The van der Waals surface area contributed by atoms with Crippen LogP contribution in [-0.4, -0.2) is 11.2 Å². The molecular weight excluding hydrogens is 190 g/mol. The molecule has 0 fully saturated rings. The summed E-state index contributed by atoms with van der Waals surface area (Å²) < 4.78 is 0. The summed E-state index contributed by atoms with van der Waals surface area (Å²) >= 11 is 3.97. The molecule has 0 aliphatic rings. The fraction of sp³-hybridized carbons (Fsp3) is 0.125. The van der Waals surface area contributed by atoms with Gasteiger partial charge in [-0.05, 0) is 5.56 Å². The summed E-state index contributed by atoms with van der Waals surface area (Å²) in [5.74, 6) is 0. The molecule has 13 heavy (non-hydrogen) atoms. The average Bonchev–Trinajstić information content (AvgIpc) is 2.17. The highest BCUT2D eigenvalue weighted by Gasteiger charge is 2.07. The van der Waals surface area contributed by atoms with Crippen LogP contribution in [0.3, 0.4) is 0 Å². The van der Waals surface area contributed by atoms with E-state index in [1.54, 1.807) is 0 Å². The summed E-state index contributed by atoms with van der Waals surface area (Å²) in [6.07, 6.45) is 0.671. The zero-order valence-electron chi connectivity index (χ0n) is 6.58. The van der Waals surface area contributed by atoms with Gasteiger partial charge in [-0.15, -0.1) is 0 Å². The van der Waals surface area contributed by atoms with Crippen molar-refractivity contribution in [1.82, 2.24) is 0 Å². The molecule has 0 saturated carbocycles. The predicted molar refractivity (Wildman–Crippen MR) is 50.9 cm³/mol. The minimum absolute atomic E-state index is 0.00943. The first-order valence-corrected chi connectivity index (χ1v) is 4.04. The summed E-state index contributed by atoms with van der Waals surface area (Å²) in [6, 6.07) is 5.73. The van der Waals surface area contributed by atoms with E-state index in [9.17, 15) is 14.9 Å². The van der Waals surface area contributed by atoms with Gasteiger partial charge in [0.1, 0.15) is 6.29 Å². The van der Waals surface area contributed by atoms with Gasteiger partial charge >= 0.3 is 0 Å². The topological polar surface area (TPSA) is 60.2 Å². The fourth-order valence-corrected chi connectivity index (χ4v) is 1.04. The normalized spacial score (nSPS) is 12.1. The molecule has 1 rings (SSSR count). The first-order valence-electron chi connectivity index (χ1n) is 3.53. The lowest BCUT2D eigenvalue weighted by molar-refractivity contribution is -0.384. The number of benzene rings is 1. The number of aldehydes is 1. The lowest BCUT2D eigenvalue weighted by Crippen LogP contribution is -1.92. The maximum absolute atomic E-state index is 10.3. The maximum Gasteiger partial charge on any atom is 0.269 e. The summed E-state index contributed by atoms with van der Waals surface area (Å²) in [4.78, 5) is 20.1. The summed E-state index contributed by atoms with van der Waals surface area (Å²) in [6.45, 7) is 0. The van der Waals surface area contributed by atoms with Crippen LogP contribution >= 0.6 is 12.6 Å². The fourth-order valence-electron chi connectivity index (χ4n) is 0.872. The highest BCUT2D eigenvalue weighted by Crippen LogP contribution is 2.20. The van der Waals surface area contributed by atoms with Crippen LogP contribution < -0.4 is 0 Å². The molecule has 0 saturated heterocycles. The number of nitro groups is 1. The van der Waals surface area contributed by atoms with Crippen LogP contribution in [0.15, 0.2) is 24.3 Å². The molecule has 1 unspecified atom stereocenters. The highest BCUT2D eigenvalue weighted by atomic mass is 32.1. The Labute approximate surface area is 80.1 Å². The second-order valence-electron chi connectivity index (χ2n) is 2.43. The van der Waals surface area contributed by atoms with Crippen molar-refractivity contribution < 1.29 is 9.72 Å². The van der Waals surface area contributed by atoms with Crippen LogP contribution in [0.5, 0.6) is 0 Å². The number of thiol groups is 1. The summed E-state index contributed by atoms with van der Waals surface area (Å²) in [5.41, 5.74) is 0.666. The minimum Gasteiger partial charge on any atom is -0.302 e. The van der Waals surface area contributed by atoms with Crippen LogP contribution in [0.4, 0.5) is 5.69 Å².